The zero-order valence-electron chi connectivity index (χ0n) is 18.7. The number of carbonyl (C=O) groups is 4. The van der Waals surface area contributed by atoms with Gasteiger partial charge in [0, 0.05) is 35.9 Å². The number of imide groups is 1. The molecule has 0 saturated carbocycles. The summed E-state index contributed by atoms with van der Waals surface area (Å²) in [6.45, 7) is 0.0219. The highest BCUT2D eigenvalue weighted by molar-refractivity contribution is 7.18. The van der Waals surface area contributed by atoms with Crippen molar-refractivity contribution in [1.82, 2.24) is 14.8 Å². The van der Waals surface area contributed by atoms with E-state index in [-0.39, 0.29) is 48.6 Å². The Kier molecular flexibility index (Phi) is 8.22. The minimum Gasteiger partial charge on any atom is -0.346 e. The molecular formula is C24H20Cl2N4O4S2. The van der Waals surface area contributed by atoms with Crippen molar-refractivity contribution in [1.29, 1.82) is 0 Å². The third kappa shape index (κ3) is 6.21. The predicted molar refractivity (Wildman–Crippen MR) is 140 cm³/mol. The Labute approximate surface area is 225 Å². The van der Waals surface area contributed by atoms with Crippen LogP contribution >= 0.6 is 45.9 Å². The summed E-state index contributed by atoms with van der Waals surface area (Å²) in [7, 11) is 0. The molecule has 0 aromatic carbocycles. The number of nitrogens with two attached hydrogens (primary N) is 1. The lowest BCUT2D eigenvalue weighted by molar-refractivity contribution is -0.140. The Hall–Kier alpha value is -3.02. The average molecular weight is 563 g/mol. The molecule has 186 valence electrons. The van der Waals surface area contributed by atoms with Crippen molar-refractivity contribution in [2.75, 3.05) is 13.1 Å². The van der Waals surface area contributed by atoms with Crippen LogP contribution in [0.5, 0.6) is 0 Å². The first-order valence-corrected chi connectivity index (χ1v) is 13.1. The highest BCUT2D eigenvalue weighted by Crippen LogP contribution is 2.24. The predicted octanol–water partition coefficient (Wildman–Crippen LogP) is 4.62. The summed E-state index contributed by atoms with van der Waals surface area (Å²) >= 11 is 14.2. The highest BCUT2D eigenvalue weighted by Gasteiger charge is 2.27. The summed E-state index contributed by atoms with van der Waals surface area (Å²) in [5.41, 5.74) is 0.526. The highest BCUT2D eigenvalue weighted by atomic mass is 35.5. The van der Waals surface area contributed by atoms with Crippen molar-refractivity contribution < 1.29 is 19.2 Å². The van der Waals surface area contributed by atoms with Crippen molar-refractivity contribution in [2.24, 2.45) is 5.84 Å². The second-order valence-corrected chi connectivity index (χ2v) is 11.3. The van der Waals surface area contributed by atoms with E-state index in [1.165, 1.54) is 35.1 Å². The van der Waals surface area contributed by atoms with Crippen LogP contribution in [0.4, 0.5) is 0 Å². The molecule has 2 aromatic rings. The Bertz CT molecular complexity index is 1240. The van der Waals surface area contributed by atoms with Gasteiger partial charge < -0.3 is 9.80 Å². The molecule has 36 heavy (non-hydrogen) atoms. The first-order valence-electron chi connectivity index (χ1n) is 10.7. The topological polar surface area (TPSA) is 104 Å². The van der Waals surface area contributed by atoms with E-state index in [0.717, 1.165) is 0 Å². The van der Waals surface area contributed by atoms with Gasteiger partial charge in [-0.15, -0.1) is 22.7 Å². The van der Waals surface area contributed by atoms with Crippen molar-refractivity contribution in [3.63, 3.8) is 0 Å². The summed E-state index contributed by atoms with van der Waals surface area (Å²) < 4.78 is 1.03. The van der Waals surface area contributed by atoms with E-state index >= 15 is 0 Å². The Balaban J connectivity index is 1.39. The van der Waals surface area contributed by atoms with Crippen molar-refractivity contribution in [3.8, 4) is 0 Å². The number of ketones is 2. The number of hydrazine groups is 1. The summed E-state index contributed by atoms with van der Waals surface area (Å²) in [6, 6.07) is 6.60. The van der Waals surface area contributed by atoms with Crippen LogP contribution in [0.25, 0.3) is 0 Å². The van der Waals surface area contributed by atoms with Gasteiger partial charge in [-0.25, -0.2) is 10.9 Å². The molecule has 0 radical (unpaired) electrons. The Morgan fingerprint density at radius 3 is 1.56 bits per heavy atom. The normalized spacial score (nSPS) is 15.0. The number of thiophene rings is 2. The Morgan fingerprint density at radius 1 is 0.778 bits per heavy atom. The van der Waals surface area contributed by atoms with Crippen LogP contribution < -0.4 is 5.84 Å². The monoisotopic (exact) mass is 562 g/mol. The molecule has 0 fully saturated rings. The summed E-state index contributed by atoms with van der Waals surface area (Å²) in [5, 5.41) is 0.564. The number of nitrogens with zero attached hydrogens (tertiary/aromatic N) is 3. The van der Waals surface area contributed by atoms with Crippen LogP contribution in [0, 0.1) is 0 Å². The molecule has 2 amide bonds. The summed E-state index contributed by atoms with van der Waals surface area (Å²) in [5.74, 6) is 4.26. The van der Waals surface area contributed by atoms with Crippen molar-refractivity contribution >= 4 is 69.3 Å². The van der Waals surface area contributed by atoms with Gasteiger partial charge in [0.1, 0.15) is 0 Å². The van der Waals surface area contributed by atoms with Crippen LogP contribution in [0.15, 0.2) is 72.4 Å². The lowest BCUT2D eigenvalue weighted by atomic mass is 10.1. The second-order valence-electron chi connectivity index (χ2n) is 7.87. The van der Waals surface area contributed by atoms with Gasteiger partial charge in [-0.1, -0.05) is 35.4 Å². The number of allylic oxidation sites excluding steroid dienone is 2. The summed E-state index contributed by atoms with van der Waals surface area (Å²) in [6.07, 6.45) is 10.4. The van der Waals surface area contributed by atoms with Crippen LogP contribution in [0.2, 0.25) is 8.67 Å². The minimum atomic E-state index is -0.674. The molecule has 2 aromatic heterocycles. The maximum Gasteiger partial charge on any atom is 0.272 e. The molecule has 0 atom stereocenters. The van der Waals surface area contributed by atoms with Gasteiger partial charge in [0.15, 0.2) is 11.6 Å². The molecule has 4 rings (SSSR count). The third-order valence-electron chi connectivity index (χ3n) is 5.25. The van der Waals surface area contributed by atoms with E-state index in [0.29, 0.717) is 23.4 Å². The zero-order chi connectivity index (χ0) is 25.8. The number of halogens is 2. The first kappa shape index (κ1) is 26.1. The molecule has 4 heterocycles. The van der Waals surface area contributed by atoms with Gasteiger partial charge in [0.2, 0.25) is 0 Å². The van der Waals surface area contributed by atoms with Gasteiger partial charge in [0.05, 0.1) is 31.5 Å². The number of hydrogen-bond acceptors (Lipinski definition) is 9. The van der Waals surface area contributed by atoms with Gasteiger partial charge >= 0.3 is 0 Å². The quantitative estimate of drug-likeness (QED) is 0.164. The SMILES string of the molecule is NN(C(=O)C1=CN(CC(=O)c2ccc(Cl)s2)C=CC1)C(=O)C1=CN(CC(=O)c2ccc(Cl)s2)C=CC1. The lowest BCUT2D eigenvalue weighted by Crippen LogP contribution is -2.45. The molecule has 2 aliphatic rings. The standard InChI is InChI=1S/C24H20Cl2N4O4S2/c25-21-7-5-19(35-21)17(31)13-28-9-1-3-15(11-28)23(33)30(27)24(34)16-4-2-10-29(12-16)14-18(32)20-6-8-22(26)36-20/h1-2,5-12H,3-4,13-14,27H2. The molecule has 0 unspecified atom stereocenters. The number of amides is 2. The van der Waals surface area contributed by atoms with E-state index in [2.05, 4.69) is 0 Å². The molecule has 2 N–H and O–H groups in total. The maximum atomic E-state index is 13.0. The average Bonchev–Trinajstić information content (AvgIpc) is 3.51. The van der Waals surface area contributed by atoms with Crippen LogP contribution in [0.3, 0.4) is 0 Å². The number of hydrogen-bond donors (Lipinski definition) is 1. The van der Waals surface area contributed by atoms with Gasteiger partial charge in [-0.3, -0.25) is 19.2 Å². The molecule has 0 spiro atoms. The van der Waals surface area contributed by atoms with E-state index in [1.807, 2.05) is 0 Å². The van der Waals surface area contributed by atoms with Gasteiger partial charge in [0.25, 0.3) is 11.8 Å². The lowest BCUT2D eigenvalue weighted by Gasteiger charge is -2.25. The minimum absolute atomic E-state index is 0.0109. The fourth-order valence-corrected chi connectivity index (χ4v) is 5.47. The van der Waals surface area contributed by atoms with Crippen molar-refractivity contribution in [2.45, 2.75) is 12.8 Å². The number of Topliss-reactive ketones (excluding diaryl/α,β-unsaturated/α-hetero) is 2. The summed E-state index contributed by atoms with van der Waals surface area (Å²) in [4.78, 5) is 55.0. The molecule has 0 bridgehead atoms. The van der Waals surface area contributed by atoms with E-state index in [1.54, 1.807) is 58.6 Å². The smallest absolute Gasteiger partial charge is 0.272 e. The molecule has 12 heteroatoms. The second kappa shape index (κ2) is 11.4. The molecule has 0 aliphatic carbocycles. The molecular weight excluding hydrogens is 543 g/mol. The van der Waals surface area contributed by atoms with Crippen molar-refractivity contribution in [3.05, 3.63) is 90.8 Å². The molecule has 0 saturated heterocycles. The van der Waals surface area contributed by atoms with E-state index < -0.39 is 11.8 Å². The molecule has 2 aliphatic heterocycles. The number of carbonyl (C=O) groups excluding carboxylic acids is 4. The Morgan fingerprint density at radius 2 is 1.19 bits per heavy atom. The van der Waals surface area contributed by atoms with Crippen LogP contribution in [0.1, 0.15) is 32.2 Å². The fraction of sp³-hybridized carbons (Fsp3) is 0.167. The van der Waals surface area contributed by atoms with Gasteiger partial charge in [-0.2, -0.15) is 0 Å². The van der Waals surface area contributed by atoms with E-state index in [9.17, 15) is 19.2 Å². The van der Waals surface area contributed by atoms with Crippen LogP contribution in [-0.4, -0.2) is 51.3 Å². The van der Waals surface area contributed by atoms with Crippen LogP contribution in [-0.2, 0) is 9.59 Å². The largest absolute Gasteiger partial charge is 0.346 e. The fourth-order valence-electron chi connectivity index (χ4n) is 3.52. The van der Waals surface area contributed by atoms with E-state index in [4.69, 9.17) is 29.0 Å². The maximum absolute atomic E-state index is 13.0. The molecule has 8 nitrogen and oxygen atoms in total. The number of rotatable bonds is 8. The first-order chi connectivity index (χ1) is 17.2. The van der Waals surface area contributed by atoms with Gasteiger partial charge in [-0.05, 0) is 37.1 Å². The third-order valence-corrected chi connectivity index (χ3v) is 7.79. The zero-order valence-corrected chi connectivity index (χ0v) is 21.9.